The second-order valence-electron chi connectivity index (χ2n) is 6.73. The third-order valence-corrected chi connectivity index (χ3v) is 4.58. The van der Waals surface area contributed by atoms with Crippen molar-refractivity contribution in [1.29, 1.82) is 0 Å². The van der Waals surface area contributed by atoms with E-state index in [2.05, 4.69) is 45.8 Å². The zero-order valence-electron chi connectivity index (χ0n) is 15.3. The molecule has 1 saturated heterocycles. The molecule has 7 heteroatoms. The number of nitrogen functional groups attached to an aromatic ring is 1. The lowest BCUT2D eigenvalue weighted by atomic mass is 9.98. The van der Waals surface area contributed by atoms with Gasteiger partial charge in [-0.2, -0.15) is 15.0 Å². The van der Waals surface area contributed by atoms with Gasteiger partial charge in [0.1, 0.15) is 5.82 Å². The van der Waals surface area contributed by atoms with Gasteiger partial charge in [0.05, 0.1) is 19.3 Å². The molecule has 0 spiro atoms. The van der Waals surface area contributed by atoms with Crippen LogP contribution < -0.4 is 10.6 Å². The summed E-state index contributed by atoms with van der Waals surface area (Å²) in [7, 11) is 3.79. The minimum atomic E-state index is 0.0323. The molecular weight excluding hydrogens is 316 g/mol. The largest absolute Gasteiger partial charge is 0.370 e. The number of anilines is 2. The van der Waals surface area contributed by atoms with Crippen molar-refractivity contribution in [3.8, 4) is 0 Å². The maximum atomic E-state index is 6.11. The Kier molecular flexibility index (Phi) is 5.15. The molecule has 25 heavy (non-hydrogen) atoms. The van der Waals surface area contributed by atoms with E-state index in [-0.39, 0.29) is 24.1 Å². The minimum absolute atomic E-state index is 0.0323. The average Bonchev–Trinajstić information content (AvgIpc) is 2.59. The van der Waals surface area contributed by atoms with E-state index in [1.165, 1.54) is 5.56 Å². The molecule has 0 bridgehead atoms. The summed E-state index contributed by atoms with van der Waals surface area (Å²) in [6.45, 7) is 5.63. The van der Waals surface area contributed by atoms with Crippen LogP contribution in [0.2, 0.25) is 0 Å². The van der Waals surface area contributed by atoms with Crippen LogP contribution in [0.4, 0.5) is 11.9 Å². The molecule has 0 saturated carbocycles. The quantitative estimate of drug-likeness (QED) is 0.908. The fraction of sp³-hybridized carbons (Fsp3) is 0.500. The molecule has 0 unspecified atom stereocenters. The number of benzene rings is 1. The van der Waals surface area contributed by atoms with Gasteiger partial charge in [0.2, 0.25) is 11.9 Å². The van der Waals surface area contributed by atoms with Crippen LogP contribution in [0, 0.1) is 0 Å². The number of aromatic nitrogens is 3. The summed E-state index contributed by atoms with van der Waals surface area (Å²) in [5.41, 5.74) is 7.05. The van der Waals surface area contributed by atoms with Crippen LogP contribution in [0.15, 0.2) is 30.3 Å². The molecule has 1 aromatic heterocycles. The van der Waals surface area contributed by atoms with Gasteiger partial charge < -0.3 is 15.4 Å². The molecule has 3 atom stereocenters. The van der Waals surface area contributed by atoms with Gasteiger partial charge in [-0.1, -0.05) is 30.3 Å². The van der Waals surface area contributed by atoms with E-state index in [0.717, 1.165) is 0 Å². The smallest absolute Gasteiger partial charge is 0.229 e. The van der Waals surface area contributed by atoms with E-state index in [1.54, 1.807) is 0 Å². The maximum Gasteiger partial charge on any atom is 0.229 e. The fourth-order valence-electron chi connectivity index (χ4n) is 3.23. The Balaban J connectivity index is 1.83. The Morgan fingerprint density at radius 1 is 1.16 bits per heavy atom. The van der Waals surface area contributed by atoms with Crippen molar-refractivity contribution in [2.75, 3.05) is 31.3 Å². The summed E-state index contributed by atoms with van der Waals surface area (Å²) < 4.78 is 6.11. The van der Waals surface area contributed by atoms with E-state index in [4.69, 9.17) is 10.5 Å². The zero-order chi connectivity index (χ0) is 18.0. The van der Waals surface area contributed by atoms with E-state index >= 15 is 0 Å². The normalized spacial score (nSPS) is 24.2. The van der Waals surface area contributed by atoms with Crippen LogP contribution in [0.1, 0.15) is 31.3 Å². The predicted octanol–water partition coefficient (Wildman–Crippen LogP) is 1.87. The fourth-order valence-corrected chi connectivity index (χ4v) is 3.23. The minimum Gasteiger partial charge on any atom is -0.370 e. The number of hydrogen-bond acceptors (Lipinski definition) is 7. The maximum absolute atomic E-state index is 6.11. The molecule has 2 heterocycles. The van der Waals surface area contributed by atoms with Gasteiger partial charge in [-0.05, 0) is 19.4 Å². The van der Waals surface area contributed by atoms with Crippen LogP contribution in [0.3, 0.4) is 0 Å². The molecule has 0 aliphatic carbocycles. The Hall–Kier alpha value is -2.25. The number of morpholine rings is 1. The van der Waals surface area contributed by atoms with Crippen LogP contribution in [-0.2, 0) is 11.3 Å². The summed E-state index contributed by atoms with van der Waals surface area (Å²) >= 11 is 0. The van der Waals surface area contributed by atoms with Gasteiger partial charge in [0, 0.05) is 26.2 Å². The SMILES string of the molecule is C[C@@H]1[C@H](c2ccccc2)OC[C@H](C)N1Cc1nc(N)nc(N(C)C)n1. The van der Waals surface area contributed by atoms with Gasteiger partial charge in [0.15, 0.2) is 0 Å². The van der Waals surface area contributed by atoms with Crippen molar-refractivity contribution in [1.82, 2.24) is 19.9 Å². The van der Waals surface area contributed by atoms with Crippen LogP contribution in [-0.4, -0.2) is 52.6 Å². The molecule has 1 aromatic carbocycles. The van der Waals surface area contributed by atoms with Gasteiger partial charge in [-0.25, -0.2) is 0 Å². The second-order valence-corrected chi connectivity index (χ2v) is 6.73. The van der Waals surface area contributed by atoms with Crippen molar-refractivity contribution in [2.45, 2.75) is 38.6 Å². The molecule has 1 aliphatic rings. The summed E-state index contributed by atoms with van der Waals surface area (Å²) in [4.78, 5) is 17.2. The Morgan fingerprint density at radius 3 is 2.56 bits per heavy atom. The number of nitrogens with zero attached hydrogens (tertiary/aromatic N) is 5. The summed E-state index contributed by atoms with van der Waals surface area (Å²) in [5.74, 6) is 1.51. The van der Waals surface area contributed by atoms with E-state index in [9.17, 15) is 0 Å². The molecule has 2 N–H and O–H groups in total. The van der Waals surface area contributed by atoms with E-state index in [1.807, 2.05) is 37.2 Å². The second kappa shape index (κ2) is 7.33. The average molecular weight is 342 g/mol. The Morgan fingerprint density at radius 2 is 1.88 bits per heavy atom. The number of rotatable bonds is 4. The first-order valence-corrected chi connectivity index (χ1v) is 8.55. The molecule has 1 fully saturated rings. The molecule has 0 radical (unpaired) electrons. The monoisotopic (exact) mass is 342 g/mol. The standard InChI is InChI=1S/C18H26N6O/c1-12-11-25-16(14-8-6-5-7-9-14)13(2)24(12)10-15-20-17(19)22-18(21-15)23(3)4/h5-9,12-13,16H,10-11H2,1-4H3,(H2,19,20,21,22)/t12-,13+,16+/m0/s1. The summed E-state index contributed by atoms with van der Waals surface area (Å²) in [6, 6.07) is 10.8. The number of nitrogens with two attached hydrogens (primary N) is 1. The van der Waals surface area contributed by atoms with Crippen molar-refractivity contribution < 1.29 is 4.74 Å². The molecule has 134 valence electrons. The van der Waals surface area contributed by atoms with Crippen molar-refractivity contribution in [3.63, 3.8) is 0 Å². The Labute approximate surface area is 148 Å². The van der Waals surface area contributed by atoms with Crippen LogP contribution in [0.5, 0.6) is 0 Å². The van der Waals surface area contributed by atoms with Crippen molar-refractivity contribution in [2.24, 2.45) is 0 Å². The molecule has 0 amide bonds. The van der Waals surface area contributed by atoms with Gasteiger partial charge >= 0.3 is 0 Å². The zero-order valence-corrected chi connectivity index (χ0v) is 15.3. The van der Waals surface area contributed by atoms with Gasteiger partial charge in [-0.3, -0.25) is 4.90 Å². The lowest BCUT2D eigenvalue weighted by Gasteiger charge is -2.43. The topological polar surface area (TPSA) is 80.4 Å². The number of hydrogen-bond donors (Lipinski definition) is 1. The van der Waals surface area contributed by atoms with Gasteiger partial charge in [-0.15, -0.1) is 0 Å². The van der Waals surface area contributed by atoms with Crippen molar-refractivity contribution >= 4 is 11.9 Å². The molecule has 1 aliphatic heterocycles. The van der Waals surface area contributed by atoms with E-state index < -0.39 is 0 Å². The van der Waals surface area contributed by atoms with Crippen LogP contribution >= 0.6 is 0 Å². The predicted molar refractivity (Wildman–Crippen MR) is 98.2 cm³/mol. The number of ether oxygens (including phenoxy) is 1. The Bertz CT molecular complexity index is 708. The molecule has 7 nitrogen and oxygen atoms in total. The highest BCUT2D eigenvalue weighted by molar-refractivity contribution is 5.32. The van der Waals surface area contributed by atoms with Crippen LogP contribution in [0.25, 0.3) is 0 Å². The highest BCUT2D eigenvalue weighted by Gasteiger charge is 2.34. The first-order chi connectivity index (χ1) is 12.0. The van der Waals surface area contributed by atoms with Gasteiger partial charge in [0.25, 0.3) is 0 Å². The highest BCUT2D eigenvalue weighted by atomic mass is 16.5. The first-order valence-electron chi connectivity index (χ1n) is 8.55. The molecular formula is C18H26N6O. The molecule has 3 rings (SSSR count). The van der Waals surface area contributed by atoms with E-state index in [0.29, 0.717) is 24.9 Å². The third-order valence-electron chi connectivity index (χ3n) is 4.58. The first kappa shape index (κ1) is 17.6. The third kappa shape index (κ3) is 3.88. The lowest BCUT2D eigenvalue weighted by Crippen LogP contribution is -2.50. The molecule has 2 aromatic rings. The highest BCUT2D eigenvalue weighted by Crippen LogP contribution is 2.31. The summed E-state index contributed by atoms with van der Waals surface area (Å²) in [6.07, 6.45) is 0.0323. The lowest BCUT2D eigenvalue weighted by molar-refractivity contribution is -0.100. The summed E-state index contributed by atoms with van der Waals surface area (Å²) in [5, 5.41) is 0. The van der Waals surface area contributed by atoms with Crippen molar-refractivity contribution in [3.05, 3.63) is 41.7 Å².